The van der Waals surface area contributed by atoms with Crippen molar-refractivity contribution in [2.24, 2.45) is 5.92 Å². The van der Waals surface area contributed by atoms with Crippen LogP contribution in [0.3, 0.4) is 0 Å². The van der Waals surface area contributed by atoms with E-state index in [-0.39, 0.29) is 43.7 Å². The largest absolute Gasteiger partial charge is 0.507 e. The van der Waals surface area contributed by atoms with Gasteiger partial charge in [-0.25, -0.2) is 4.68 Å². The van der Waals surface area contributed by atoms with Gasteiger partial charge in [0.25, 0.3) is 5.91 Å². The first kappa shape index (κ1) is 45.5. The van der Waals surface area contributed by atoms with E-state index in [1.807, 2.05) is 49.7 Å². The zero-order chi connectivity index (χ0) is 41.2. The number of carboxylic acids is 1. The third kappa shape index (κ3) is 13.7. The van der Waals surface area contributed by atoms with Crippen LogP contribution in [-0.2, 0) is 27.2 Å². The summed E-state index contributed by atoms with van der Waals surface area (Å²) in [6.45, 7) is 4.11. The lowest BCUT2D eigenvalue weighted by Gasteiger charge is -2.34. The van der Waals surface area contributed by atoms with Crippen molar-refractivity contribution < 1.29 is 34.5 Å². The van der Waals surface area contributed by atoms with Gasteiger partial charge in [0.05, 0.1) is 23.2 Å². The average molecular weight is 804 g/mol. The Balaban J connectivity index is 0.000000800. The van der Waals surface area contributed by atoms with Crippen molar-refractivity contribution in [1.82, 2.24) is 25.6 Å². The number of nitrogens with one attached hydrogen (secondary N) is 2. The van der Waals surface area contributed by atoms with Crippen LogP contribution in [0.2, 0.25) is 0 Å². The summed E-state index contributed by atoms with van der Waals surface area (Å²) in [5, 5.41) is 44.8. The Morgan fingerprint density at radius 1 is 1.02 bits per heavy atom. The molecule has 5 N–H and O–H groups in total. The number of carboxylic acid groups (broad SMARTS) is 1. The minimum atomic E-state index is -1.76. The number of carbonyl (C=O) groups excluding carboxylic acids is 3. The van der Waals surface area contributed by atoms with E-state index in [1.54, 1.807) is 30.7 Å². The number of amides is 1. The van der Waals surface area contributed by atoms with Crippen molar-refractivity contribution in [2.75, 3.05) is 13.6 Å². The number of aryl methyl sites for hydroxylation is 2. The lowest BCUT2D eigenvalue weighted by molar-refractivity contribution is -0.140. The second kappa shape index (κ2) is 23.2. The molecule has 1 unspecified atom stereocenters. The van der Waals surface area contributed by atoms with E-state index in [4.69, 9.17) is 0 Å². The van der Waals surface area contributed by atoms with Crippen LogP contribution in [0, 0.1) is 19.8 Å². The molecule has 1 aromatic heterocycles. The van der Waals surface area contributed by atoms with Gasteiger partial charge in [-0.3, -0.25) is 14.4 Å². The molecule has 57 heavy (non-hydrogen) atoms. The highest BCUT2D eigenvalue weighted by molar-refractivity contribution is 7.73. The predicted octanol–water partition coefficient (Wildman–Crippen LogP) is 7.65. The summed E-state index contributed by atoms with van der Waals surface area (Å²) in [6, 6.07) is 11.9. The van der Waals surface area contributed by atoms with E-state index in [9.17, 15) is 34.5 Å². The first-order valence-corrected chi connectivity index (χ1v) is 22.1. The highest BCUT2D eigenvalue weighted by Gasteiger charge is 2.45. The minimum Gasteiger partial charge on any atom is -0.507 e. The number of aldehydes is 1. The first-order chi connectivity index (χ1) is 27.5. The lowest BCUT2D eigenvalue weighted by atomic mass is 9.87. The molecule has 0 saturated heterocycles. The molecule has 2 aliphatic carbocycles. The Morgan fingerprint density at radius 2 is 1.70 bits per heavy atom. The monoisotopic (exact) mass is 803 g/mol. The zero-order valence-corrected chi connectivity index (χ0v) is 34.8. The zero-order valence-electron chi connectivity index (χ0n) is 33.9. The fourth-order valence-corrected chi connectivity index (χ4v) is 9.90. The van der Waals surface area contributed by atoms with Crippen LogP contribution in [-0.4, -0.2) is 79.4 Å². The number of benzene rings is 2. The number of aliphatic hydroxyl groups excluding tert-OH is 1. The number of nitrogens with zero attached hydrogens (tertiary/aromatic N) is 3. The number of aromatic nitrogens is 3. The van der Waals surface area contributed by atoms with Crippen molar-refractivity contribution in [3.8, 4) is 5.75 Å². The van der Waals surface area contributed by atoms with Crippen molar-refractivity contribution >= 4 is 38.2 Å². The molecule has 2 aliphatic rings. The van der Waals surface area contributed by atoms with E-state index in [0.717, 1.165) is 67.7 Å². The van der Waals surface area contributed by atoms with Crippen LogP contribution in [0.4, 0.5) is 0 Å². The summed E-state index contributed by atoms with van der Waals surface area (Å²) in [5.74, 6) is -0.560. The molecule has 1 amide bonds. The smallest absolute Gasteiger partial charge is 0.314 e. The second-order valence-electron chi connectivity index (χ2n) is 15.7. The highest BCUT2D eigenvalue weighted by atomic mass is 31.1. The number of hydrogen-bond acceptors (Lipinski definition) is 9. The van der Waals surface area contributed by atoms with Gasteiger partial charge < -0.3 is 30.7 Å². The normalized spacial score (nSPS) is 17.2. The van der Waals surface area contributed by atoms with Gasteiger partial charge in [-0.05, 0) is 107 Å². The number of aromatic hydroxyl groups is 1. The molecule has 3 aromatic rings. The summed E-state index contributed by atoms with van der Waals surface area (Å²) in [4.78, 5) is 48.9. The summed E-state index contributed by atoms with van der Waals surface area (Å²) in [5.41, 5.74) is 4.47. The highest BCUT2D eigenvalue weighted by Crippen LogP contribution is 2.54. The van der Waals surface area contributed by atoms with Gasteiger partial charge in [-0.15, -0.1) is 5.10 Å². The number of rotatable bonds is 19. The molecule has 2 aromatic carbocycles. The molecule has 12 nitrogen and oxygen atoms in total. The van der Waals surface area contributed by atoms with Crippen LogP contribution in [0.25, 0.3) is 6.08 Å². The van der Waals surface area contributed by atoms with E-state index in [2.05, 4.69) is 20.9 Å². The maximum absolute atomic E-state index is 13.2. The van der Waals surface area contributed by atoms with Gasteiger partial charge >= 0.3 is 5.97 Å². The van der Waals surface area contributed by atoms with Crippen LogP contribution < -0.4 is 10.6 Å². The predicted molar refractivity (Wildman–Crippen MR) is 225 cm³/mol. The van der Waals surface area contributed by atoms with Gasteiger partial charge in [-0.1, -0.05) is 80.2 Å². The lowest BCUT2D eigenvalue weighted by Crippen LogP contribution is -2.38. The van der Waals surface area contributed by atoms with Crippen molar-refractivity contribution in [3.63, 3.8) is 0 Å². The number of allylic oxidation sites excluding steroid dienone is 1. The Morgan fingerprint density at radius 3 is 2.32 bits per heavy atom. The molecule has 3 atom stereocenters. The number of aliphatic carboxylic acids is 1. The molecule has 13 heteroatoms. The third-order valence-electron chi connectivity index (χ3n) is 11.3. The van der Waals surface area contributed by atoms with Crippen LogP contribution in [0.5, 0.6) is 5.75 Å². The third-order valence-corrected chi connectivity index (χ3v) is 13.8. The quantitative estimate of drug-likeness (QED) is 0.0596. The molecule has 0 aliphatic heterocycles. The second-order valence-corrected chi connectivity index (χ2v) is 18.0. The number of phenolic OH excluding ortho intramolecular Hbond substituents is 1. The van der Waals surface area contributed by atoms with Crippen LogP contribution >= 0.6 is 7.92 Å². The summed E-state index contributed by atoms with van der Waals surface area (Å²) >= 11 is 0. The molecule has 0 spiro atoms. The van der Waals surface area contributed by atoms with Crippen LogP contribution in [0.1, 0.15) is 134 Å². The average Bonchev–Trinajstić information content (AvgIpc) is 3.70. The molecular formula is C44H62N5O7P. The van der Waals surface area contributed by atoms with Gasteiger partial charge in [0.1, 0.15) is 18.1 Å². The molecule has 1 heterocycles. The molecule has 0 bridgehead atoms. The molecule has 2 saturated carbocycles. The molecule has 0 radical (unpaired) electrons. The standard InChI is InChI=1S/C37H50N5O6P.C7H12O/c1-26-18-31(19-27(2)34(26)45)35(46)39-22-32(44)15-9-17-37(36(47)48,16-8-12-28-10-7-11-29(20-28)21-38-3)49(25-43)24-42-23-33(40-41-42)30-13-5-4-6-14-30;8-6-7-4-2-1-3-5-7/h7-8,10-12,18-20,23,25,30,32,38,44-45H,4-6,9,13-17,21-22,24H2,1-3H3,(H,39,46)(H,47,48);6-7H,1-5H2/b12-8+;/t32?,37-,49+;/m1./s1. The van der Waals surface area contributed by atoms with E-state index in [1.165, 1.54) is 25.7 Å². The van der Waals surface area contributed by atoms with Crippen molar-refractivity contribution in [1.29, 1.82) is 0 Å². The number of carbonyl (C=O) groups is 4. The molecule has 2 fully saturated rings. The topological polar surface area (TPSA) is 184 Å². The molecular weight excluding hydrogens is 741 g/mol. The summed E-state index contributed by atoms with van der Waals surface area (Å²) in [7, 11) is 0.116. The van der Waals surface area contributed by atoms with Gasteiger partial charge in [0, 0.05) is 44.6 Å². The first-order valence-electron chi connectivity index (χ1n) is 20.5. The molecule has 5 rings (SSSR count). The Hall–Kier alpha value is -4.25. The molecule has 310 valence electrons. The number of hydrogen-bond donors (Lipinski definition) is 5. The number of phenols is 1. The summed E-state index contributed by atoms with van der Waals surface area (Å²) < 4.78 is 1.63. The van der Waals surface area contributed by atoms with E-state index >= 15 is 0 Å². The Kier molecular flexibility index (Phi) is 18.5. The van der Waals surface area contributed by atoms with Gasteiger partial charge in [-0.2, -0.15) is 0 Å². The fraction of sp³-hybridized carbons (Fsp3) is 0.545. The van der Waals surface area contributed by atoms with Crippen molar-refractivity contribution in [2.45, 2.75) is 134 Å². The maximum atomic E-state index is 13.2. The Labute approximate surface area is 338 Å². The van der Waals surface area contributed by atoms with Gasteiger partial charge in [0.15, 0.2) is 0 Å². The maximum Gasteiger partial charge on any atom is 0.314 e. The Bertz CT molecular complexity index is 1760. The van der Waals surface area contributed by atoms with Crippen LogP contribution in [0.15, 0.2) is 48.7 Å². The van der Waals surface area contributed by atoms with E-state index in [0.29, 0.717) is 41.5 Å². The summed E-state index contributed by atoms with van der Waals surface area (Å²) in [6.07, 6.45) is 18.5. The minimum absolute atomic E-state index is 0.0217. The van der Waals surface area contributed by atoms with Crippen molar-refractivity contribution in [3.05, 3.63) is 82.2 Å². The number of aliphatic hydroxyl groups is 1. The van der Waals surface area contributed by atoms with Gasteiger partial charge in [0.2, 0.25) is 0 Å². The fourth-order valence-electron chi connectivity index (χ4n) is 7.88. The van der Waals surface area contributed by atoms with E-state index < -0.39 is 25.2 Å². The SMILES string of the molecule is CNCc1cccc(/C=C/C[C@@](CCCC(O)CNC(=O)c2cc(C)c(O)c(C)c2)(C(=O)O)[P@](C=O)Cn2cc(C3CCCCC3)nn2)c1.O=CC1CCCCC1.